The quantitative estimate of drug-likeness (QED) is 0.792. The number of hydrogen-bond donors (Lipinski definition) is 1. The van der Waals surface area contributed by atoms with E-state index in [-0.39, 0.29) is 6.61 Å². The zero-order valence-electron chi connectivity index (χ0n) is 10.3. The van der Waals surface area contributed by atoms with Crippen molar-refractivity contribution < 1.29 is 5.11 Å². The Morgan fingerprint density at radius 3 is 2.33 bits per heavy atom. The Morgan fingerprint density at radius 2 is 1.87 bits per heavy atom. The van der Waals surface area contributed by atoms with Crippen molar-refractivity contribution >= 4 is 0 Å². The largest absolute Gasteiger partial charge is 0.396 e. The monoisotopic (exact) mass is 209 g/mol. The van der Waals surface area contributed by atoms with E-state index >= 15 is 0 Å². The van der Waals surface area contributed by atoms with Gasteiger partial charge in [-0.15, -0.1) is 0 Å². The van der Waals surface area contributed by atoms with Crippen molar-refractivity contribution in [2.75, 3.05) is 6.61 Å². The Hall–Kier alpha value is -0.760. The minimum atomic E-state index is 0.271. The lowest BCUT2D eigenvalue weighted by molar-refractivity contribution is 0.279. The van der Waals surface area contributed by atoms with Crippen LogP contribution in [0.1, 0.15) is 57.2 Å². The predicted octanol–water partition coefficient (Wildman–Crippen LogP) is 3.12. The van der Waals surface area contributed by atoms with Crippen LogP contribution in [0.5, 0.6) is 0 Å². The Kier molecular flexibility index (Phi) is 4.40. The van der Waals surface area contributed by atoms with Gasteiger partial charge in [0.25, 0.3) is 0 Å². The second kappa shape index (κ2) is 5.36. The maximum Gasteiger partial charge on any atom is 0.0448 e. The molecule has 1 heterocycles. The Labute approximate surface area is 92.9 Å². The molecular formula is C13H23NO. The molecule has 0 bridgehead atoms. The normalized spacial score (nSPS) is 11.7. The van der Waals surface area contributed by atoms with Crippen LogP contribution < -0.4 is 0 Å². The zero-order valence-corrected chi connectivity index (χ0v) is 10.3. The molecule has 0 aliphatic carbocycles. The van der Waals surface area contributed by atoms with Gasteiger partial charge < -0.3 is 9.67 Å². The van der Waals surface area contributed by atoms with Crippen LogP contribution in [0.15, 0.2) is 12.3 Å². The fourth-order valence-corrected chi connectivity index (χ4v) is 1.79. The lowest BCUT2D eigenvalue weighted by Gasteiger charge is -2.10. The average molecular weight is 209 g/mol. The summed E-state index contributed by atoms with van der Waals surface area (Å²) in [5.74, 6) is 1.13. The topological polar surface area (TPSA) is 25.2 Å². The highest BCUT2D eigenvalue weighted by Gasteiger charge is 2.10. The Bertz CT molecular complexity index is 299. The first kappa shape index (κ1) is 12.3. The second-order valence-corrected chi connectivity index (χ2v) is 4.78. The molecule has 0 fully saturated rings. The minimum Gasteiger partial charge on any atom is -0.396 e. The maximum absolute atomic E-state index is 8.86. The van der Waals surface area contributed by atoms with E-state index in [0.29, 0.717) is 11.8 Å². The smallest absolute Gasteiger partial charge is 0.0448 e. The molecule has 1 aromatic rings. The van der Waals surface area contributed by atoms with Crippen LogP contribution >= 0.6 is 0 Å². The van der Waals surface area contributed by atoms with Gasteiger partial charge in [0.2, 0.25) is 0 Å². The maximum atomic E-state index is 8.86. The van der Waals surface area contributed by atoms with E-state index < -0.39 is 0 Å². The van der Waals surface area contributed by atoms with Crippen LogP contribution in [-0.2, 0) is 6.54 Å². The van der Waals surface area contributed by atoms with Crippen molar-refractivity contribution in [3.05, 3.63) is 23.5 Å². The minimum absolute atomic E-state index is 0.271. The molecule has 2 nitrogen and oxygen atoms in total. The van der Waals surface area contributed by atoms with Gasteiger partial charge in [0.05, 0.1) is 0 Å². The van der Waals surface area contributed by atoms with Crippen molar-refractivity contribution in [3.63, 3.8) is 0 Å². The summed E-state index contributed by atoms with van der Waals surface area (Å²) in [6.45, 7) is 10.1. The molecule has 86 valence electrons. The highest BCUT2D eigenvalue weighted by molar-refractivity contribution is 5.23. The molecule has 0 spiro atoms. The number of nitrogens with zero attached hydrogens (tertiary/aromatic N) is 1. The highest BCUT2D eigenvalue weighted by atomic mass is 16.3. The van der Waals surface area contributed by atoms with Crippen LogP contribution in [0.3, 0.4) is 0 Å². The Balaban J connectivity index is 2.90. The summed E-state index contributed by atoms with van der Waals surface area (Å²) in [5.41, 5.74) is 2.78. The molecule has 15 heavy (non-hydrogen) atoms. The van der Waals surface area contributed by atoms with E-state index in [4.69, 9.17) is 5.11 Å². The summed E-state index contributed by atoms with van der Waals surface area (Å²) in [5, 5.41) is 8.86. The molecule has 0 atom stereocenters. The molecule has 0 radical (unpaired) electrons. The number of rotatable bonds is 5. The molecule has 0 aliphatic heterocycles. The fourth-order valence-electron chi connectivity index (χ4n) is 1.79. The summed E-state index contributed by atoms with van der Waals surface area (Å²) in [7, 11) is 0. The van der Waals surface area contributed by atoms with Gasteiger partial charge in [0.1, 0.15) is 0 Å². The van der Waals surface area contributed by atoms with Crippen molar-refractivity contribution in [1.82, 2.24) is 4.57 Å². The van der Waals surface area contributed by atoms with Gasteiger partial charge in [-0.2, -0.15) is 0 Å². The standard InChI is InChI=1S/C13H23NO/c1-10(2)12-8-13(11(3)4)14(9-12)6-5-7-15/h8-11,15H,5-7H2,1-4H3. The third-order valence-electron chi connectivity index (χ3n) is 2.77. The Morgan fingerprint density at radius 1 is 1.20 bits per heavy atom. The highest BCUT2D eigenvalue weighted by Crippen LogP contribution is 2.23. The molecule has 0 saturated carbocycles. The van der Waals surface area contributed by atoms with Crippen LogP contribution in [-0.4, -0.2) is 16.3 Å². The van der Waals surface area contributed by atoms with E-state index in [2.05, 4.69) is 44.5 Å². The number of aliphatic hydroxyl groups excluding tert-OH is 1. The molecular weight excluding hydrogens is 186 g/mol. The van der Waals surface area contributed by atoms with E-state index in [1.54, 1.807) is 0 Å². The van der Waals surface area contributed by atoms with Gasteiger partial charge in [-0.3, -0.25) is 0 Å². The summed E-state index contributed by atoms with van der Waals surface area (Å²) in [6.07, 6.45) is 3.07. The number of aliphatic hydroxyl groups is 1. The van der Waals surface area contributed by atoms with E-state index in [9.17, 15) is 0 Å². The van der Waals surface area contributed by atoms with Crippen LogP contribution in [0, 0.1) is 0 Å². The van der Waals surface area contributed by atoms with Crippen LogP contribution in [0.25, 0.3) is 0 Å². The lowest BCUT2D eigenvalue weighted by Crippen LogP contribution is -2.04. The van der Waals surface area contributed by atoms with Gasteiger partial charge in [0, 0.05) is 25.0 Å². The van der Waals surface area contributed by atoms with Gasteiger partial charge in [0.15, 0.2) is 0 Å². The van der Waals surface area contributed by atoms with E-state index in [0.717, 1.165) is 13.0 Å². The van der Waals surface area contributed by atoms with Crippen LogP contribution in [0.4, 0.5) is 0 Å². The molecule has 0 aromatic carbocycles. The van der Waals surface area contributed by atoms with Crippen molar-refractivity contribution in [2.45, 2.75) is 52.5 Å². The van der Waals surface area contributed by atoms with E-state index in [1.807, 2.05) is 0 Å². The van der Waals surface area contributed by atoms with Gasteiger partial charge in [-0.1, -0.05) is 27.7 Å². The molecule has 1 rings (SSSR count). The first-order chi connectivity index (χ1) is 7.06. The predicted molar refractivity (Wildman–Crippen MR) is 64.3 cm³/mol. The van der Waals surface area contributed by atoms with Crippen LogP contribution in [0.2, 0.25) is 0 Å². The summed E-state index contributed by atoms with van der Waals surface area (Å²) in [4.78, 5) is 0. The number of aromatic nitrogens is 1. The second-order valence-electron chi connectivity index (χ2n) is 4.78. The third-order valence-corrected chi connectivity index (χ3v) is 2.77. The molecule has 0 aliphatic rings. The molecule has 1 aromatic heterocycles. The average Bonchev–Trinajstić information content (AvgIpc) is 2.58. The molecule has 1 N–H and O–H groups in total. The lowest BCUT2D eigenvalue weighted by atomic mass is 10.1. The first-order valence-electron chi connectivity index (χ1n) is 5.87. The first-order valence-corrected chi connectivity index (χ1v) is 5.87. The van der Waals surface area contributed by atoms with Gasteiger partial charge >= 0.3 is 0 Å². The zero-order chi connectivity index (χ0) is 11.4. The number of hydrogen-bond acceptors (Lipinski definition) is 1. The van der Waals surface area contributed by atoms with Crippen molar-refractivity contribution in [2.24, 2.45) is 0 Å². The summed E-state index contributed by atoms with van der Waals surface area (Å²) >= 11 is 0. The summed E-state index contributed by atoms with van der Waals surface area (Å²) < 4.78 is 2.29. The molecule has 0 amide bonds. The molecule has 0 unspecified atom stereocenters. The van der Waals surface area contributed by atoms with Gasteiger partial charge in [-0.25, -0.2) is 0 Å². The third kappa shape index (κ3) is 3.10. The fraction of sp³-hybridized carbons (Fsp3) is 0.692. The van der Waals surface area contributed by atoms with Gasteiger partial charge in [-0.05, 0) is 29.9 Å². The SMILES string of the molecule is CC(C)c1cc(C(C)C)n(CCCO)c1. The number of aryl methyl sites for hydroxylation is 1. The van der Waals surface area contributed by atoms with Crippen molar-refractivity contribution in [3.8, 4) is 0 Å². The van der Waals surface area contributed by atoms with E-state index in [1.165, 1.54) is 11.3 Å². The van der Waals surface area contributed by atoms with Crippen molar-refractivity contribution in [1.29, 1.82) is 0 Å². The molecule has 0 saturated heterocycles. The summed E-state index contributed by atoms with van der Waals surface area (Å²) in [6, 6.07) is 2.30. The molecule has 2 heteroatoms.